The molecule has 116 valence electrons. The molecule has 0 aromatic heterocycles. The first-order chi connectivity index (χ1) is 8.61. The maximum Gasteiger partial charge on any atom is 0.118 e. The summed E-state index contributed by atoms with van der Waals surface area (Å²) in [6.07, 6.45) is 3.56. The van der Waals surface area contributed by atoms with Crippen molar-refractivity contribution in [1.29, 1.82) is 0 Å². The predicted octanol–water partition coefficient (Wildman–Crippen LogP) is -0.769. The van der Waals surface area contributed by atoms with Gasteiger partial charge in [0, 0.05) is 12.8 Å². The fraction of sp³-hybridized carbons (Fsp3) is 0.600. The normalized spacial score (nSPS) is 24.6. The summed E-state index contributed by atoms with van der Waals surface area (Å²) in [5, 5.41) is 0. The van der Waals surface area contributed by atoms with E-state index in [4.69, 9.17) is 10.5 Å². The van der Waals surface area contributed by atoms with Gasteiger partial charge in [0.15, 0.2) is 0 Å². The van der Waals surface area contributed by atoms with E-state index < -0.39 is 0 Å². The van der Waals surface area contributed by atoms with Crippen molar-refractivity contribution in [1.82, 2.24) is 0 Å². The van der Waals surface area contributed by atoms with E-state index in [2.05, 4.69) is 19.2 Å². The molecule has 5 heteroatoms. The van der Waals surface area contributed by atoms with Crippen LogP contribution in [-0.4, -0.2) is 44.3 Å². The van der Waals surface area contributed by atoms with Crippen molar-refractivity contribution in [3.63, 3.8) is 0 Å². The van der Waals surface area contributed by atoms with E-state index in [0.29, 0.717) is 6.04 Å². The molecule has 1 aliphatic heterocycles. The highest BCUT2D eigenvalue weighted by Gasteiger charge is 2.31. The van der Waals surface area contributed by atoms with E-state index in [1.54, 1.807) is 7.11 Å². The van der Waals surface area contributed by atoms with Crippen molar-refractivity contribution >= 4 is 12.4 Å². The van der Waals surface area contributed by atoms with Crippen LogP contribution in [0.1, 0.15) is 18.4 Å². The van der Waals surface area contributed by atoms with Gasteiger partial charge in [-0.3, -0.25) is 0 Å². The first kappa shape index (κ1) is 19.5. The van der Waals surface area contributed by atoms with Gasteiger partial charge in [-0.1, -0.05) is 12.1 Å². The lowest BCUT2D eigenvalue weighted by Crippen LogP contribution is -3.00. The van der Waals surface area contributed by atoms with Gasteiger partial charge < -0.3 is 27.4 Å². The average molecular weight is 321 g/mol. The number of likely N-dealkylation sites (N-methyl/N-ethyl adjacent to an activating group) is 1. The monoisotopic (exact) mass is 320 g/mol. The highest BCUT2D eigenvalue weighted by atomic mass is 35.5. The zero-order valence-corrected chi connectivity index (χ0v) is 13.9. The van der Waals surface area contributed by atoms with Crippen LogP contribution < -0.4 is 22.9 Å². The molecular formula is C15H26Cl2N2O. The molecule has 1 aromatic rings. The highest BCUT2D eigenvalue weighted by molar-refractivity contribution is 5.85. The predicted molar refractivity (Wildman–Crippen MR) is 81.9 cm³/mol. The van der Waals surface area contributed by atoms with E-state index in [0.717, 1.165) is 23.2 Å². The summed E-state index contributed by atoms with van der Waals surface area (Å²) in [5.74, 6) is 0.934. The van der Waals surface area contributed by atoms with Crippen LogP contribution in [-0.2, 0) is 6.42 Å². The Balaban J connectivity index is 0.00000180. The van der Waals surface area contributed by atoms with Gasteiger partial charge in [0.05, 0.1) is 39.8 Å². The van der Waals surface area contributed by atoms with Crippen LogP contribution in [0.5, 0.6) is 5.75 Å². The standard InChI is InChI=1S/C15H25N2O.2ClH/c1-17(11-9-14(16)12-17)10-3-4-13-5-7-15(18-2)8-6-13;;/h5-8,14H,3-4,9-12,16H2,1-2H3;2*1H/q+1;;/p-1. The molecule has 0 amide bonds. The minimum Gasteiger partial charge on any atom is -1.00 e. The Morgan fingerprint density at radius 3 is 2.45 bits per heavy atom. The van der Waals surface area contributed by atoms with Gasteiger partial charge in [-0.15, -0.1) is 12.4 Å². The molecule has 0 radical (unpaired) electrons. The molecule has 1 heterocycles. The number of benzene rings is 1. The third-order valence-electron chi connectivity index (χ3n) is 4.04. The second kappa shape index (κ2) is 8.73. The largest absolute Gasteiger partial charge is 1.00 e. The topological polar surface area (TPSA) is 35.2 Å². The molecule has 1 saturated heterocycles. The smallest absolute Gasteiger partial charge is 0.118 e. The maximum atomic E-state index is 6.00. The summed E-state index contributed by atoms with van der Waals surface area (Å²) in [6, 6.07) is 8.81. The number of hydrogen-bond acceptors (Lipinski definition) is 2. The van der Waals surface area contributed by atoms with Crippen LogP contribution in [0, 0.1) is 0 Å². The third-order valence-corrected chi connectivity index (χ3v) is 4.04. The maximum absolute atomic E-state index is 6.00. The lowest BCUT2D eigenvalue weighted by Gasteiger charge is -2.29. The molecular weight excluding hydrogens is 295 g/mol. The molecule has 20 heavy (non-hydrogen) atoms. The molecule has 1 aliphatic rings. The van der Waals surface area contributed by atoms with Crippen LogP contribution in [0.2, 0.25) is 0 Å². The van der Waals surface area contributed by atoms with Gasteiger partial charge >= 0.3 is 0 Å². The number of likely N-dealkylation sites (tertiary alicyclic amines) is 1. The van der Waals surface area contributed by atoms with Gasteiger partial charge in [0.2, 0.25) is 0 Å². The molecule has 2 N–H and O–H groups in total. The second-order valence-electron chi connectivity index (χ2n) is 5.75. The van der Waals surface area contributed by atoms with Crippen molar-refractivity contribution in [2.24, 2.45) is 5.73 Å². The second-order valence-corrected chi connectivity index (χ2v) is 5.75. The van der Waals surface area contributed by atoms with Crippen LogP contribution in [0.15, 0.2) is 24.3 Å². The molecule has 0 bridgehead atoms. The Morgan fingerprint density at radius 2 is 1.95 bits per heavy atom. The summed E-state index contributed by atoms with van der Waals surface area (Å²) in [7, 11) is 4.04. The number of nitrogens with zero attached hydrogens (tertiary/aromatic N) is 1. The molecule has 0 saturated carbocycles. The number of methoxy groups -OCH3 is 1. The van der Waals surface area contributed by atoms with Gasteiger partial charge in [-0.25, -0.2) is 0 Å². The minimum absolute atomic E-state index is 0. The van der Waals surface area contributed by atoms with Crippen molar-refractivity contribution in [2.45, 2.75) is 25.3 Å². The summed E-state index contributed by atoms with van der Waals surface area (Å²) in [4.78, 5) is 0. The van der Waals surface area contributed by atoms with E-state index >= 15 is 0 Å². The Labute approximate surface area is 134 Å². The number of quaternary nitrogens is 1. The van der Waals surface area contributed by atoms with Crippen molar-refractivity contribution in [3.05, 3.63) is 29.8 Å². The van der Waals surface area contributed by atoms with Gasteiger partial charge in [-0.2, -0.15) is 0 Å². The van der Waals surface area contributed by atoms with E-state index in [9.17, 15) is 0 Å². The molecule has 1 aromatic carbocycles. The van der Waals surface area contributed by atoms with Gasteiger partial charge in [0.1, 0.15) is 5.75 Å². The molecule has 1 fully saturated rings. The Morgan fingerprint density at radius 1 is 1.30 bits per heavy atom. The zero-order chi connectivity index (χ0) is 13.0. The number of aryl methyl sites for hydroxylation is 1. The Bertz CT molecular complexity index is 386. The SMILES string of the molecule is COc1ccc(CCC[N+]2(C)CCC(N)C2)cc1.Cl.[Cl-]. The molecule has 0 spiro atoms. The fourth-order valence-corrected chi connectivity index (χ4v) is 2.89. The molecule has 0 aliphatic carbocycles. The van der Waals surface area contributed by atoms with Crippen LogP contribution in [0.4, 0.5) is 0 Å². The zero-order valence-electron chi connectivity index (χ0n) is 12.3. The first-order valence-electron chi connectivity index (χ1n) is 6.83. The highest BCUT2D eigenvalue weighted by Crippen LogP contribution is 2.18. The lowest BCUT2D eigenvalue weighted by atomic mass is 10.1. The fourth-order valence-electron chi connectivity index (χ4n) is 2.89. The van der Waals surface area contributed by atoms with E-state index in [-0.39, 0.29) is 24.8 Å². The quantitative estimate of drug-likeness (QED) is 0.723. The Kier molecular flexibility index (Phi) is 8.52. The van der Waals surface area contributed by atoms with Gasteiger partial charge in [-0.05, 0) is 24.1 Å². The number of ether oxygens (including phenoxy) is 1. The number of nitrogens with two attached hydrogens (primary N) is 1. The Hall–Kier alpha value is -0.480. The number of hydrogen-bond donors (Lipinski definition) is 1. The van der Waals surface area contributed by atoms with Gasteiger partial charge in [0.25, 0.3) is 0 Å². The summed E-state index contributed by atoms with van der Waals surface area (Å²) < 4.78 is 6.32. The summed E-state index contributed by atoms with van der Waals surface area (Å²) in [6.45, 7) is 3.62. The average Bonchev–Trinajstić information content (AvgIpc) is 2.70. The van der Waals surface area contributed by atoms with Crippen molar-refractivity contribution in [2.75, 3.05) is 33.8 Å². The lowest BCUT2D eigenvalue weighted by molar-refractivity contribution is -0.898. The van der Waals surface area contributed by atoms with Crippen LogP contribution in [0.25, 0.3) is 0 Å². The number of rotatable bonds is 5. The first-order valence-corrected chi connectivity index (χ1v) is 6.83. The summed E-state index contributed by atoms with van der Waals surface area (Å²) >= 11 is 0. The third kappa shape index (κ3) is 5.49. The molecule has 2 unspecified atom stereocenters. The molecule has 2 atom stereocenters. The van der Waals surface area contributed by atoms with Crippen LogP contribution in [0.3, 0.4) is 0 Å². The van der Waals surface area contributed by atoms with E-state index in [1.807, 2.05) is 12.1 Å². The summed E-state index contributed by atoms with van der Waals surface area (Å²) in [5.41, 5.74) is 7.39. The van der Waals surface area contributed by atoms with Crippen molar-refractivity contribution < 1.29 is 21.6 Å². The molecule has 2 rings (SSSR count). The molecule has 3 nitrogen and oxygen atoms in total. The van der Waals surface area contributed by atoms with Crippen molar-refractivity contribution in [3.8, 4) is 5.75 Å². The minimum atomic E-state index is 0. The van der Waals surface area contributed by atoms with E-state index in [1.165, 1.54) is 31.5 Å². The van der Waals surface area contributed by atoms with Crippen LogP contribution >= 0.6 is 12.4 Å². The number of halogens is 2.